The molecule has 3 nitrogen and oxygen atoms in total. The summed E-state index contributed by atoms with van der Waals surface area (Å²) in [6, 6.07) is 7.15. The minimum atomic E-state index is -0.721. The van der Waals surface area contributed by atoms with Crippen molar-refractivity contribution in [1.29, 1.82) is 0 Å². The zero-order valence-electron chi connectivity index (χ0n) is 9.23. The Hall–Kier alpha value is -0.770. The molecule has 0 saturated carbocycles. The Balaban J connectivity index is 2.11. The molecule has 0 N–H and O–H groups in total. The van der Waals surface area contributed by atoms with Crippen molar-refractivity contribution in [3.05, 3.63) is 34.9 Å². The summed E-state index contributed by atoms with van der Waals surface area (Å²) in [5.41, 5.74) is 0.660. The van der Waals surface area contributed by atoms with Gasteiger partial charge in [-0.3, -0.25) is 4.79 Å². The number of amides is 1. The van der Waals surface area contributed by atoms with Crippen LogP contribution in [0.2, 0.25) is 5.02 Å². The van der Waals surface area contributed by atoms with Crippen molar-refractivity contribution < 1.29 is 9.53 Å². The quantitative estimate of drug-likeness (QED) is 0.775. The van der Waals surface area contributed by atoms with Crippen LogP contribution in [0.1, 0.15) is 10.9 Å². The van der Waals surface area contributed by atoms with Crippen LogP contribution in [0, 0.1) is 0 Å². The zero-order valence-corrected chi connectivity index (χ0v) is 10.7. The second-order valence-electron chi connectivity index (χ2n) is 3.82. The van der Waals surface area contributed by atoms with Gasteiger partial charge in [0.05, 0.1) is 13.2 Å². The number of rotatable bonds is 2. The molecule has 1 heterocycles. The molecule has 1 aromatic rings. The van der Waals surface area contributed by atoms with E-state index >= 15 is 0 Å². The molecule has 1 atom stereocenters. The van der Waals surface area contributed by atoms with E-state index in [9.17, 15) is 4.79 Å². The van der Waals surface area contributed by atoms with Crippen molar-refractivity contribution in [3.63, 3.8) is 0 Å². The summed E-state index contributed by atoms with van der Waals surface area (Å²) < 4.78 is 5.20. The number of benzene rings is 1. The Kier molecular flexibility index (Phi) is 4.26. The second kappa shape index (κ2) is 5.71. The lowest BCUT2D eigenvalue weighted by Crippen LogP contribution is -2.42. The molecule has 1 fully saturated rings. The summed E-state index contributed by atoms with van der Waals surface area (Å²) in [4.78, 5) is 13.8. The van der Waals surface area contributed by atoms with E-state index in [0.717, 1.165) is 0 Å². The molecule has 17 heavy (non-hydrogen) atoms. The van der Waals surface area contributed by atoms with Crippen LogP contribution in [0.25, 0.3) is 0 Å². The molecule has 1 aliphatic heterocycles. The molecule has 1 aliphatic rings. The van der Waals surface area contributed by atoms with Crippen molar-refractivity contribution in [3.8, 4) is 0 Å². The van der Waals surface area contributed by atoms with E-state index in [4.69, 9.17) is 27.9 Å². The molecule has 0 spiro atoms. The fourth-order valence-electron chi connectivity index (χ4n) is 1.76. The molecule has 1 aromatic carbocycles. The normalized spacial score (nSPS) is 17.9. The maximum absolute atomic E-state index is 12.1. The van der Waals surface area contributed by atoms with E-state index in [0.29, 0.717) is 36.9 Å². The maximum Gasteiger partial charge on any atom is 0.245 e. The lowest BCUT2D eigenvalue weighted by molar-refractivity contribution is -0.134. The van der Waals surface area contributed by atoms with E-state index in [2.05, 4.69) is 0 Å². The van der Waals surface area contributed by atoms with Crippen LogP contribution in [0.15, 0.2) is 24.3 Å². The molecular weight excluding hydrogens is 261 g/mol. The zero-order chi connectivity index (χ0) is 12.3. The SMILES string of the molecule is O=C(C(Cl)c1ccccc1Cl)N1CCOCC1. The van der Waals surface area contributed by atoms with Crippen molar-refractivity contribution in [1.82, 2.24) is 4.90 Å². The smallest absolute Gasteiger partial charge is 0.245 e. The Morgan fingerprint density at radius 1 is 1.29 bits per heavy atom. The number of halogens is 2. The Bertz CT molecular complexity index is 405. The van der Waals surface area contributed by atoms with E-state index in [1.807, 2.05) is 12.1 Å². The van der Waals surface area contributed by atoms with Gasteiger partial charge in [0.2, 0.25) is 5.91 Å². The Labute approximate surface area is 110 Å². The molecule has 1 saturated heterocycles. The van der Waals surface area contributed by atoms with Gasteiger partial charge >= 0.3 is 0 Å². The first kappa shape index (κ1) is 12.7. The number of carbonyl (C=O) groups excluding carboxylic acids is 1. The van der Waals surface area contributed by atoms with Crippen molar-refractivity contribution in [2.45, 2.75) is 5.38 Å². The molecule has 1 amide bonds. The van der Waals surface area contributed by atoms with E-state index < -0.39 is 5.38 Å². The molecule has 0 bridgehead atoms. The first-order valence-corrected chi connectivity index (χ1v) is 6.26. The molecule has 0 aromatic heterocycles. The maximum atomic E-state index is 12.1. The van der Waals surface area contributed by atoms with Crippen LogP contribution < -0.4 is 0 Å². The average molecular weight is 274 g/mol. The first-order chi connectivity index (χ1) is 8.20. The minimum Gasteiger partial charge on any atom is -0.378 e. The fraction of sp³-hybridized carbons (Fsp3) is 0.417. The van der Waals surface area contributed by atoms with Crippen molar-refractivity contribution >= 4 is 29.1 Å². The number of carbonyl (C=O) groups is 1. The van der Waals surface area contributed by atoms with Crippen molar-refractivity contribution in [2.75, 3.05) is 26.3 Å². The van der Waals surface area contributed by atoms with Gasteiger partial charge in [-0.1, -0.05) is 29.8 Å². The largest absolute Gasteiger partial charge is 0.378 e. The number of hydrogen-bond donors (Lipinski definition) is 0. The number of ether oxygens (including phenoxy) is 1. The molecule has 0 aliphatic carbocycles. The summed E-state index contributed by atoms with van der Waals surface area (Å²) in [7, 11) is 0. The average Bonchev–Trinajstić information content (AvgIpc) is 2.39. The predicted octanol–water partition coefficient (Wildman–Crippen LogP) is 2.48. The second-order valence-corrected chi connectivity index (χ2v) is 4.67. The Morgan fingerprint density at radius 3 is 2.59 bits per heavy atom. The van der Waals surface area contributed by atoms with Gasteiger partial charge in [0, 0.05) is 18.1 Å². The molecular formula is C12H13Cl2NO2. The van der Waals surface area contributed by atoms with Crippen LogP contribution in [0.3, 0.4) is 0 Å². The summed E-state index contributed by atoms with van der Waals surface area (Å²) in [5.74, 6) is -0.108. The molecule has 2 rings (SSSR count). The van der Waals surface area contributed by atoms with Gasteiger partial charge in [-0.2, -0.15) is 0 Å². The summed E-state index contributed by atoms with van der Waals surface area (Å²) in [6.45, 7) is 2.31. The minimum absolute atomic E-state index is 0.108. The monoisotopic (exact) mass is 273 g/mol. The van der Waals surface area contributed by atoms with E-state index in [-0.39, 0.29) is 5.91 Å². The van der Waals surface area contributed by atoms with Gasteiger partial charge in [0.25, 0.3) is 0 Å². The fourth-order valence-corrected chi connectivity index (χ4v) is 2.39. The lowest BCUT2D eigenvalue weighted by Gasteiger charge is -2.28. The van der Waals surface area contributed by atoms with Gasteiger partial charge < -0.3 is 9.64 Å². The highest BCUT2D eigenvalue weighted by Crippen LogP contribution is 2.29. The summed E-state index contributed by atoms with van der Waals surface area (Å²) in [6.07, 6.45) is 0. The summed E-state index contributed by atoms with van der Waals surface area (Å²) in [5, 5.41) is -0.198. The third-order valence-corrected chi connectivity index (χ3v) is 3.48. The molecule has 1 unspecified atom stereocenters. The van der Waals surface area contributed by atoms with E-state index in [1.54, 1.807) is 17.0 Å². The first-order valence-electron chi connectivity index (χ1n) is 5.45. The number of hydrogen-bond acceptors (Lipinski definition) is 2. The van der Waals surface area contributed by atoms with Gasteiger partial charge in [-0.15, -0.1) is 11.6 Å². The summed E-state index contributed by atoms with van der Waals surface area (Å²) >= 11 is 12.2. The molecule has 92 valence electrons. The van der Waals surface area contributed by atoms with Gasteiger partial charge in [-0.05, 0) is 11.6 Å². The predicted molar refractivity (Wildman–Crippen MR) is 67.4 cm³/mol. The molecule has 5 heteroatoms. The third-order valence-electron chi connectivity index (χ3n) is 2.72. The Morgan fingerprint density at radius 2 is 1.94 bits per heavy atom. The number of morpholine rings is 1. The highest BCUT2D eigenvalue weighted by atomic mass is 35.5. The van der Waals surface area contributed by atoms with Crippen LogP contribution >= 0.6 is 23.2 Å². The van der Waals surface area contributed by atoms with Crippen LogP contribution in [0.4, 0.5) is 0 Å². The standard InChI is InChI=1S/C12H13Cl2NO2/c13-10-4-2-1-3-9(10)11(14)12(16)15-5-7-17-8-6-15/h1-4,11H,5-8H2. The van der Waals surface area contributed by atoms with Gasteiger partial charge in [0.15, 0.2) is 0 Å². The highest BCUT2D eigenvalue weighted by Gasteiger charge is 2.26. The van der Waals surface area contributed by atoms with Gasteiger partial charge in [-0.25, -0.2) is 0 Å². The van der Waals surface area contributed by atoms with Crippen LogP contribution in [-0.4, -0.2) is 37.1 Å². The van der Waals surface area contributed by atoms with E-state index in [1.165, 1.54) is 0 Å². The third kappa shape index (κ3) is 2.92. The highest BCUT2D eigenvalue weighted by molar-refractivity contribution is 6.35. The molecule has 0 radical (unpaired) electrons. The lowest BCUT2D eigenvalue weighted by atomic mass is 10.1. The van der Waals surface area contributed by atoms with Crippen LogP contribution in [0.5, 0.6) is 0 Å². The number of nitrogens with zero attached hydrogens (tertiary/aromatic N) is 1. The topological polar surface area (TPSA) is 29.5 Å². The van der Waals surface area contributed by atoms with Crippen LogP contribution in [-0.2, 0) is 9.53 Å². The number of alkyl halides is 1. The van der Waals surface area contributed by atoms with Gasteiger partial charge in [0.1, 0.15) is 5.38 Å². The van der Waals surface area contributed by atoms with Crippen molar-refractivity contribution in [2.24, 2.45) is 0 Å².